The van der Waals surface area contributed by atoms with Crippen molar-refractivity contribution in [3.63, 3.8) is 0 Å². The summed E-state index contributed by atoms with van der Waals surface area (Å²) in [5.41, 5.74) is 3.16. The molecule has 0 heterocycles. The molecule has 0 aliphatic heterocycles. The van der Waals surface area contributed by atoms with Crippen LogP contribution in [0.3, 0.4) is 0 Å². The minimum atomic E-state index is -0.572. The van der Waals surface area contributed by atoms with E-state index in [1.54, 1.807) is 12.1 Å². The Morgan fingerprint density at radius 3 is 2.83 bits per heavy atom. The summed E-state index contributed by atoms with van der Waals surface area (Å²) in [4.78, 5) is 12.1. The lowest BCUT2D eigenvalue weighted by molar-refractivity contribution is 0.235. The van der Waals surface area contributed by atoms with E-state index in [1.165, 1.54) is 23.3 Å². The number of nitrogens with zero attached hydrogens (tertiary/aromatic N) is 1. The van der Waals surface area contributed by atoms with E-state index in [1.807, 2.05) is 12.1 Å². The summed E-state index contributed by atoms with van der Waals surface area (Å²) in [6.07, 6.45) is 0.816. The maximum Gasteiger partial charge on any atom is 0.315 e. The Labute approximate surface area is 140 Å². The molecule has 0 spiro atoms. The maximum atomic E-state index is 13.6. The molecule has 0 saturated heterocycles. The van der Waals surface area contributed by atoms with Crippen LogP contribution in [0, 0.1) is 17.1 Å². The van der Waals surface area contributed by atoms with Crippen molar-refractivity contribution in [1.82, 2.24) is 10.6 Å². The average Bonchev–Trinajstić information content (AvgIpc) is 2.89. The van der Waals surface area contributed by atoms with Crippen molar-refractivity contribution in [1.29, 1.82) is 5.26 Å². The molecule has 0 aromatic heterocycles. The third-order valence-corrected chi connectivity index (χ3v) is 4.51. The predicted molar refractivity (Wildman–Crippen MR) is 88.8 cm³/mol. The minimum Gasteiger partial charge on any atom is -0.334 e. The predicted octanol–water partition coefficient (Wildman–Crippen LogP) is 3.22. The monoisotopic (exact) mass is 323 g/mol. The van der Waals surface area contributed by atoms with E-state index in [9.17, 15) is 9.18 Å². The summed E-state index contributed by atoms with van der Waals surface area (Å²) in [7, 11) is 0. The molecule has 0 fully saturated rings. The van der Waals surface area contributed by atoms with Gasteiger partial charge in [0.05, 0.1) is 5.56 Å². The standard InChI is InChI=1S/C19H18FN3O/c1-12-16-5-3-2-4-14(16)9-18(12)23-19(24)22-11-13-6-7-15(10-21)17(20)8-13/h2-8,12,18H,9,11H2,1H3,(H2,22,23,24)/t12-,18+/m0/s1. The maximum absolute atomic E-state index is 13.6. The van der Waals surface area contributed by atoms with Crippen LogP contribution in [0.5, 0.6) is 0 Å². The number of urea groups is 1. The SMILES string of the molecule is C[C@H]1c2ccccc2C[C@H]1NC(=O)NCc1ccc(C#N)c(F)c1. The Kier molecular flexibility index (Phi) is 4.48. The van der Waals surface area contributed by atoms with Crippen molar-refractivity contribution in [2.75, 3.05) is 0 Å². The van der Waals surface area contributed by atoms with Gasteiger partial charge in [-0.05, 0) is 35.2 Å². The molecule has 24 heavy (non-hydrogen) atoms. The Hall–Kier alpha value is -2.87. The Bertz CT molecular complexity index is 812. The first kappa shape index (κ1) is 16.0. The second-order valence-electron chi connectivity index (χ2n) is 6.05. The van der Waals surface area contributed by atoms with Crippen LogP contribution in [-0.2, 0) is 13.0 Å². The summed E-state index contributed by atoms with van der Waals surface area (Å²) in [6.45, 7) is 2.31. The number of rotatable bonds is 3. The Morgan fingerprint density at radius 2 is 2.12 bits per heavy atom. The highest BCUT2D eigenvalue weighted by molar-refractivity contribution is 5.74. The van der Waals surface area contributed by atoms with E-state index in [0.29, 0.717) is 5.56 Å². The number of hydrogen-bond donors (Lipinski definition) is 2. The van der Waals surface area contributed by atoms with Crippen LogP contribution in [0.2, 0.25) is 0 Å². The molecule has 5 heteroatoms. The molecular formula is C19H18FN3O. The fourth-order valence-electron chi connectivity index (χ4n) is 3.13. The molecule has 4 nitrogen and oxygen atoms in total. The molecule has 0 radical (unpaired) electrons. The van der Waals surface area contributed by atoms with Gasteiger partial charge < -0.3 is 10.6 Å². The number of carbonyl (C=O) groups is 1. The van der Waals surface area contributed by atoms with Crippen LogP contribution < -0.4 is 10.6 Å². The molecule has 1 aliphatic rings. The lowest BCUT2D eigenvalue weighted by Gasteiger charge is -2.18. The van der Waals surface area contributed by atoms with Gasteiger partial charge in [0, 0.05) is 18.5 Å². The van der Waals surface area contributed by atoms with Crippen LogP contribution in [0.25, 0.3) is 0 Å². The minimum absolute atomic E-state index is 0.000691. The van der Waals surface area contributed by atoms with Crippen molar-refractivity contribution in [2.45, 2.75) is 31.8 Å². The molecule has 1 aliphatic carbocycles. The van der Waals surface area contributed by atoms with Gasteiger partial charge in [-0.2, -0.15) is 5.26 Å². The van der Waals surface area contributed by atoms with Gasteiger partial charge in [0.15, 0.2) is 0 Å². The van der Waals surface area contributed by atoms with E-state index in [-0.39, 0.29) is 30.1 Å². The smallest absolute Gasteiger partial charge is 0.315 e. The van der Waals surface area contributed by atoms with Crippen LogP contribution >= 0.6 is 0 Å². The largest absolute Gasteiger partial charge is 0.334 e. The topological polar surface area (TPSA) is 64.9 Å². The van der Waals surface area contributed by atoms with Crippen molar-refractivity contribution < 1.29 is 9.18 Å². The van der Waals surface area contributed by atoms with Gasteiger partial charge in [0.25, 0.3) is 0 Å². The highest BCUT2D eigenvalue weighted by Crippen LogP contribution is 2.32. The van der Waals surface area contributed by atoms with Gasteiger partial charge in [-0.15, -0.1) is 0 Å². The van der Waals surface area contributed by atoms with Crippen molar-refractivity contribution in [3.8, 4) is 6.07 Å². The van der Waals surface area contributed by atoms with Crippen molar-refractivity contribution in [3.05, 3.63) is 70.5 Å². The molecule has 2 atom stereocenters. The third-order valence-electron chi connectivity index (χ3n) is 4.51. The second-order valence-corrected chi connectivity index (χ2v) is 6.05. The molecule has 2 aromatic carbocycles. The zero-order chi connectivity index (χ0) is 17.1. The van der Waals surface area contributed by atoms with Gasteiger partial charge in [-0.3, -0.25) is 0 Å². The van der Waals surface area contributed by atoms with E-state index in [2.05, 4.69) is 29.7 Å². The number of amides is 2. The molecule has 2 aromatic rings. The average molecular weight is 323 g/mol. The zero-order valence-electron chi connectivity index (χ0n) is 13.3. The molecular weight excluding hydrogens is 305 g/mol. The fourth-order valence-corrected chi connectivity index (χ4v) is 3.13. The molecule has 3 rings (SSSR count). The van der Waals surface area contributed by atoms with E-state index in [0.717, 1.165) is 6.42 Å². The van der Waals surface area contributed by atoms with Gasteiger partial charge in [0.1, 0.15) is 11.9 Å². The van der Waals surface area contributed by atoms with Crippen molar-refractivity contribution >= 4 is 6.03 Å². The number of nitriles is 1. The van der Waals surface area contributed by atoms with Gasteiger partial charge in [-0.25, -0.2) is 9.18 Å². The lowest BCUT2D eigenvalue weighted by Crippen LogP contribution is -2.43. The quantitative estimate of drug-likeness (QED) is 0.911. The number of benzene rings is 2. The normalized spacial score (nSPS) is 18.5. The highest BCUT2D eigenvalue weighted by Gasteiger charge is 2.29. The molecule has 122 valence electrons. The highest BCUT2D eigenvalue weighted by atomic mass is 19.1. The lowest BCUT2D eigenvalue weighted by atomic mass is 10.0. The van der Waals surface area contributed by atoms with E-state index >= 15 is 0 Å². The van der Waals surface area contributed by atoms with Crippen LogP contribution in [0.1, 0.15) is 35.1 Å². The van der Waals surface area contributed by atoms with Gasteiger partial charge in [-0.1, -0.05) is 37.3 Å². The van der Waals surface area contributed by atoms with Crippen LogP contribution in [0.15, 0.2) is 42.5 Å². The molecule has 0 saturated carbocycles. The third kappa shape index (κ3) is 3.23. The summed E-state index contributed by atoms with van der Waals surface area (Å²) < 4.78 is 13.6. The number of fused-ring (bicyclic) bond motifs is 1. The summed E-state index contributed by atoms with van der Waals surface area (Å²) in [5.74, 6) is -0.309. The summed E-state index contributed by atoms with van der Waals surface area (Å²) in [5, 5.41) is 14.4. The Morgan fingerprint density at radius 1 is 1.33 bits per heavy atom. The van der Waals surface area contributed by atoms with E-state index < -0.39 is 5.82 Å². The molecule has 0 bridgehead atoms. The van der Waals surface area contributed by atoms with Gasteiger partial charge in [0.2, 0.25) is 0 Å². The first-order valence-corrected chi connectivity index (χ1v) is 7.89. The number of hydrogen-bond acceptors (Lipinski definition) is 2. The van der Waals surface area contributed by atoms with Gasteiger partial charge >= 0.3 is 6.03 Å². The summed E-state index contributed by atoms with van der Waals surface area (Å²) in [6, 6.07) is 14.1. The second kappa shape index (κ2) is 6.71. The van der Waals surface area contributed by atoms with E-state index in [4.69, 9.17) is 5.26 Å². The summed E-state index contributed by atoms with van der Waals surface area (Å²) >= 11 is 0. The fraction of sp³-hybridized carbons (Fsp3) is 0.263. The molecule has 0 unspecified atom stereocenters. The Balaban J connectivity index is 1.56. The molecule has 2 amide bonds. The number of nitrogens with one attached hydrogen (secondary N) is 2. The first-order chi connectivity index (χ1) is 11.6. The van der Waals surface area contributed by atoms with Crippen LogP contribution in [0.4, 0.5) is 9.18 Å². The zero-order valence-corrected chi connectivity index (χ0v) is 13.3. The first-order valence-electron chi connectivity index (χ1n) is 7.89. The van der Waals surface area contributed by atoms with Crippen molar-refractivity contribution in [2.24, 2.45) is 0 Å². The number of halogens is 1. The van der Waals surface area contributed by atoms with Crippen LogP contribution in [-0.4, -0.2) is 12.1 Å². The molecule has 2 N–H and O–H groups in total. The number of carbonyl (C=O) groups excluding carboxylic acids is 1.